The van der Waals surface area contributed by atoms with Crippen LogP contribution in [0.4, 0.5) is 11.6 Å². The number of nitrogens with one attached hydrogen (secondary N) is 1. The van der Waals surface area contributed by atoms with Gasteiger partial charge in [-0.2, -0.15) is 15.2 Å². The average Bonchev–Trinajstić information content (AvgIpc) is 3.38. The van der Waals surface area contributed by atoms with Crippen LogP contribution in [0.25, 0.3) is 10.9 Å². The molecule has 0 unspecified atom stereocenters. The molecule has 1 aliphatic carbocycles. The van der Waals surface area contributed by atoms with E-state index in [1.807, 2.05) is 19.3 Å². The highest BCUT2D eigenvalue weighted by atomic mass is 35.5. The second-order valence-corrected chi connectivity index (χ2v) is 9.26. The zero-order chi connectivity index (χ0) is 23.8. The molecule has 0 spiro atoms. The molecule has 1 fully saturated rings. The van der Waals surface area contributed by atoms with Crippen molar-refractivity contribution in [2.75, 3.05) is 5.32 Å². The van der Waals surface area contributed by atoms with Gasteiger partial charge >= 0.3 is 11.4 Å². The quantitative estimate of drug-likeness (QED) is 0.447. The Hall–Kier alpha value is -3.47. The molecule has 178 valence electrons. The summed E-state index contributed by atoms with van der Waals surface area (Å²) in [6, 6.07) is 3.59. The summed E-state index contributed by atoms with van der Waals surface area (Å²) in [5, 5.41) is 13.0. The Balaban J connectivity index is 1.56. The first kappa shape index (κ1) is 22.3. The van der Waals surface area contributed by atoms with Gasteiger partial charge in [-0.3, -0.25) is 13.9 Å². The molecule has 0 atom stereocenters. The molecule has 5 rings (SSSR count). The number of hydrogen-bond donors (Lipinski definition) is 1. The number of halogens is 1. The number of hydrogen-bond acceptors (Lipinski definition) is 7. The van der Waals surface area contributed by atoms with E-state index in [9.17, 15) is 9.59 Å². The molecule has 0 aliphatic heterocycles. The SMILES string of the molecule is Cn1cnc(Cn2c(=O)nc(Nc3cc4cn(C)nc4cc3Cl)n(CC3CCCCC3)c2=O)n1. The molecule has 11 nitrogen and oxygen atoms in total. The maximum absolute atomic E-state index is 13.5. The molecular weight excluding hydrogens is 458 g/mol. The predicted octanol–water partition coefficient (Wildman–Crippen LogP) is 2.45. The molecule has 1 aliphatic rings. The van der Waals surface area contributed by atoms with Crippen LogP contribution in [-0.4, -0.2) is 38.7 Å². The van der Waals surface area contributed by atoms with E-state index in [1.54, 1.807) is 22.4 Å². The summed E-state index contributed by atoms with van der Waals surface area (Å²) in [7, 11) is 3.56. The fraction of sp³-hybridized carbons (Fsp3) is 0.455. The Kier molecular flexibility index (Phi) is 5.94. The van der Waals surface area contributed by atoms with E-state index in [0.717, 1.165) is 41.2 Å². The Bertz CT molecular complexity index is 1460. The number of aryl methyl sites for hydroxylation is 2. The van der Waals surface area contributed by atoms with Gasteiger partial charge in [0.05, 0.1) is 22.8 Å². The van der Waals surface area contributed by atoms with Gasteiger partial charge in [-0.1, -0.05) is 30.9 Å². The van der Waals surface area contributed by atoms with Gasteiger partial charge in [0.1, 0.15) is 6.33 Å². The van der Waals surface area contributed by atoms with Crippen molar-refractivity contribution in [1.29, 1.82) is 0 Å². The summed E-state index contributed by atoms with van der Waals surface area (Å²) in [5.41, 5.74) is 0.191. The molecule has 0 radical (unpaired) electrons. The normalized spacial score (nSPS) is 14.7. The van der Waals surface area contributed by atoms with Crippen LogP contribution in [-0.2, 0) is 27.2 Å². The Morgan fingerprint density at radius 1 is 1.06 bits per heavy atom. The highest BCUT2D eigenvalue weighted by Gasteiger charge is 2.21. The lowest BCUT2D eigenvalue weighted by atomic mass is 9.89. The van der Waals surface area contributed by atoms with Crippen LogP contribution >= 0.6 is 11.6 Å². The molecule has 0 bridgehead atoms. The van der Waals surface area contributed by atoms with Crippen LogP contribution in [0.3, 0.4) is 0 Å². The van der Waals surface area contributed by atoms with E-state index < -0.39 is 11.4 Å². The molecule has 3 heterocycles. The summed E-state index contributed by atoms with van der Waals surface area (Å²) in [6.07, 6.45) is 8.95. The lowest BCUT2D eigenvalue weighted by molar-refractivity contribution is 0.311. The zero-order valence-corrected chi connectivity index (χ0v) is 19.9. The van der Waals surface area contributed by atoms with Crippen LogP contribution in [0.1, 0.15) is 37.9 Å². The number of aromatic nitrogens is 8. The summed E-state index contributed by atoms with van der Waals surface area (Å²) >= 11 is 6.50. The zero-order valence-electron chi connectivity index (χ0n) is 19.1. The van der Waals surface area contributed by atoms with Crippen molar-refractivity contribution in [2.45, 2.75) is 45.2 Å². The van der Waals surface area contributed by atoms with Gasteiger partial charge in [-0.05, 0) is 30.9 Å². The summed E-state index contributed by atoms with van der Waals surface area (Å²) in [4.78, 5) is 34.8. The van der Waals surface area contributed by atoms with E-state index in [1.165, 1.54) is 17.4 Å². The second-order valence-electron chi connectivity index (χ2n) is 8.85. The summed E-state index contributed by atoms with van der Waals surface area (Å²) < 4.78 is 5.86. The lowest BCUT2D eigenvalue weighted by Crippen LogP contribution is -2.44. The minimum atomic E-state index is -0.668. The van der Waals surface area contributed by atoms with Crippen LogP contribution in [0, 0.1) is 5.92 Å². The topological polar surface area (TPSA) is 117 Å². The Morgan fingerprint density at radius 3 is 2.59 bits per heavy atom. The van der Waals surface area contributed by atoms with Crippen molar-refractivity contribution >= 4 is 34.1 Å². The number of nitrogens with zero attached hydrogens (tertiary/aromatic N) is 8. The maximum atomic E-state index is 13.5. The van der Waals surface area contributed by atoms with Gasteiger partial charge in [-0.15, -0.1) is 0 Å². The summed E-state index contributed by atoms with van der Waals surface area (Å²) in [6.45, 7) is 0.426. The number of rotatable bonds is 6. The molecule has 1 N–H and O–H groups in total. The van der Waals surface area contributed by atoms with Crippen LogP contribution < -0.4 is 16.7 Å². The largest absolute Gasteiger partial charge is 0.355 e. The standard InChI is InChI=1S/C22H26ClN9O2/c1-29-11-15-8-18(16(23)9-17(15)27-29)25-20-26-21(33)32(12-19-24-13-30(2)28-19)22(34)31(20)10-14-6-4-3-5-7-14/h8-9,11,13-14H,3-7,10,12H2,1-2H3,(H,25,26,33). The van der Waals surface area contributed by atoms with Crippen molar-refractivity contribution in [1.82, 2.24) is 38.7 Å². The van der Waals surface area contributed by atoms with E-state index in [2.05, 4.69) is 25.5 Å². The molecular formula is C22H26ClN9O2. The van der Waals surface area contributed by atoms with Gasteiger partial charge < -0.3 is 5.32 Å². The third-order valence-corrected chi connectivity index (χ3v) is 6.53. The number of fused-ring (bicyclic) bond motifs is 1. The smallest absolute Gasteiger partial charge is 0.324 e. The first-order valence-electron chi connectivity index (χ1n) is 11.3. The molecule has 0 saturated heterocycles. The Labute approximate surface area is 200 Å². The van der Waals surface area contributed by atoms with E-state index in [0.29, 0.717) is 29.0 Å². The van der Waals surface area contributed by atoms with Crippen molar-refractivity contribution < 1.29 is 0 Å². The van der Waals surface area contributed by atoms with Gasteiger partial charge in [-0.25, -0.2) is 19.1 Å². The lowest BCUT2D eigenvalue weighted by Gasteiger charge is -2.24. The molecule has 4 aromatic rings. The molecule has 1 aromatic carbocycles. The molecule has 34 heavy (non-hydrogen) atoms. The van der Waals surface area contributed by atoms with E-state index in [4.69, 9.17) is 11.6 Å². The highest BCUT2D eigenvalue weighted by Crippen LogP contribution is 2.30. The molecule has 3 aromatic heterocycles. The van der Waals surface area contributed by atoms with Gasteiger partial charge in [0, 0.05) is 32.2 Å². The number of anilines is 2. The van der Waals surface area contributed by atoms with Crippen molar-refractivity contribution in [3.8, 4) is 0 Å². The van der Waals surface area contributed by atoms with E-state index in [-0.39, 0.29) is 12.5 Å². The molecule has 0 amide bonds. The molecule has 12 heteroatoms. The monoisotopic (exact) mass is 483 g/mol. The maximum Gasteiger partial charge on any atom is 0.355 e. The second kappa shape index (κ2) is 9.05. The van der Waals surface area contributed by atoms with E-state index >= 15 is 0 Å². The van der Waals surface area contributed by atoms with Crippen LogP contribution in [0.2, 0.25) is 5.02 Å². The fourth-order valence-electron chi connectivity index (χ4n) is 4.54. The highest BCUT2D eigenvalue weighted by molar-refractivity contribution is 6.34. The first-order chi connectivity index (χ1) is 16.4. The van der Waals surface area contributed by atoms with Crippen LogP contribution in [0.15, 0.2) is 34.2 Å². The van der Waals surface area contributed by atoms with Crippen molar-refractivity contribution in [3.63, 3.8) is 0 Å². The van der Waals surface area contributed by atoms with Gasteiger partial charge in [0.25, 0.3) is 0 Å². The van der Waals surface area contributed by atoms with Crippen LogP contribution in [0.5, 0.6) is 0 Å². The average molecular weight is 484 g/mol. The summed E-state index contributed by atoms with van der Waals surface area (Å²) in [5.74, 6) is 0.887. The third-order valence-electron chi connectivity index (χ3n) is 6.22. The van der Waals surface area contributed by atoms with Gasteiger partial charge in [0.2, 0.25) is 5.95 Å². The fourth-order valence-corrected chi connectivity index (χ4v) is 4.74. The predicted molar refractivity (Wildman–Crippen MR) is 128 cm³/mol. The minimum Gasteiger partial charge on any atom is -0.324 e. The van der Waals surface area contributed by atoms with Crippen molar-refractivity contribution in [2.24, 2.45) is 20.0 Å². The third kappa shape index (κ3) is 4.47. The molecule has 1 saturated carbocycles. The first-order valence-corrected chi connectivity index (χ1v) is 11.7. The number of benzene rings is 1. The Morgan fingerprint density at radius 2 is 1.85 bits per heavy atom. The van der Waals surface area contributed by atoms with Gasteiger partial charge in [0.15, 0.2) is 5.82 Å². The van der Waals surface area contributed by atoms with Crippen molar-refractivity contribution in [3.05, 3.63) is 56.5 Å². The minimum absolute atomic E-state index is 0.0428.